The van der Waals surface area contributed by atoms with E-state index in [1.807, 2.05) is 0 Å². The van der Waals surface area contributed by atoms with Crippen molar-refractivity contribution < 1.29 is 9.22 Å². The Kier molecular flexibility index (Phi) is 2.42. The molecule has 0 N–H and O–H groups in total. The van der Waals surface area contributed by atoms with Crippen LogP contribution in [0.3, 0.4) is 0 Å². The van der Waals surface area contributed by atoms with Gasteiger partial charge in [0.25, 0.3) is 0 Å². The van der Waals surface area contributed by atoms with Crippen LogP contribution in [0.1, 0.15) is 25.7 Å². The lowest BCUT2D eigenvalue weighted by molar-refractivity contribution is -0.127. The lowest BCUT2D eigenvalue weighted by atomic mass is 9.97. The van der Waals surface area contributed by atoms with Crippen LogP contribution in [0.4, 0.5) is 0 Å². The zero-order chi connectivity index (χ0) is 6.69. The third-order valence-corrected chi connectivity index (χ3v) is 2.35. The van der Waals surface area contributed by atoms with Crippen LogP contribution < -0.4 is 0 Å². The lowest BCUT2D eigenvalue weighted by Gasteiger charge is -2.18. The van der Waals surface area contributed by atoms with E-state index >= 15 is 0 Å². The molecule has 0 aromatic carbocycles. The Hall–Kier alpha value is -0.153. The average Bonchev–Trinajstić information content (AvgIpc) is 1.89. The van der Waals surface area contributed by atoms with Gasteiger partial charge in [0.1, 0.15) is 16.6 Å². The molecule has 1 aliphatic carbocycles. The first-order chi connectivity index (χ1) is 4.34. The Morgan fingerprint density at radius 2 is 2.33 bits per heavy atom. The van der Waals surface area contributed by atoms with Gasteiger partial charge in [0.05, 0.1) is 0 Å². The molecule has 0 aromatic rings. The van der Waals surface area contributed by atoms with Crippen molar-refractivity contribution >= 4 is 16.3 Å². The van der Waals surface area contributed by atoms with E-state index < -0.39 is 0 Å². The SMILES string of the molecule is O=C1CCCCC1O[SiH3]. The van der Waals surface area contributed by atoms with Gasteiger partial charge in [0.2, 0.25) is 0 Å². The summed E-state index contributed by atoms with van der Waals surface area (Å²) in [7, 11) is 0.697. The predicted molar refractivity (Wildman–Crippen MR) is 38.3 cm³/mol. The first-order valence-corrected chi connectivity index (χ1v) is 4.22. The van der Waals surface area contributed by atoms with E-state index in [4.69, 9.17) is 4.43 Å². The Labute approximate surface area is 58.1 Å². The van der Waals surface area contributed by atoms with Crippen molar-refractivity contribution in [1.82, 2.24) is 0 Å². The highest BCUT2D eigenvalue weighted by molar-refractivity contribution is 6.00. The molecule has 0 amide bonds. The number of carbonyl (C=O) groups excluding carboxylic acids is 1. The van der Waals surface area contributed by atoms with Gasteiger partial charge >= 0.3 is 0 Å². The van der Waals surface area contributed by atoms with E-state index in [1.165, 1.54) is 6.42 Å². The van der Waals surface area contributed by atoms with Crippen LogP contribution in [0, 0.1) is 0 Å². The van der Waals surface area contributed by atoms with E-state index in [-0.39, 0.29) is 6.10 Å². The van der Waals surface area contributed by atoms with Crippen molar-refractivity contribution in [2.75, 3.05) is 0 Å². The first kappa shape index (κ1) is 6.96. The highest BCUT2D eigenvalue weighted by Gasteiger charge is 2.20. The summed E-state index contributed by atoms with van der Waals surface area (Å²) < 4.78 is 5.09. The van der Waals surface area contributed by atoms with E-state index in [0.29, 0.717) is 16.3 Å². The highest BCUT2D eigenvalue weighted by Crippen LogP contribution is 2.15. The summed E-state index contributed by atoms with van der Waals surface area (Å²) in [5.74, 6) is 0.316. The van der Waals surface area contributed by atoms with Crippen LogP contribution >= 0.6 is 0 Å². The number of carbonyl (C=O) groups is 1. The molecule has 9 heavy (non-hydrogen) atoms. The minimum absolute atomic E-state index is 0.0228. The van der Waals surface area contributed by atoms with Gasteiger partial charge in [-0.1, -0.05) is 6.42 Å². The van der Waals surface area contributed by atoms with Gasteiger partial charge in [0, 0.05) is 6.42 Å². The summed E-state index contributed by atoms with van der Waals surface area (Å²) in [6.45, 7) is 0. The molecule has 2 nitrogen and oxygen atoms in total. The van der Waals surface area contributed by atoms with Gasteiger partial charge in [0.15, 0.2) is 5.78 Å². The zero-order valence-electron chi connectivity index (χ0n) is 5.72. The summed E-state index contributed by atoms with van der Waals surface area (Å²) in [6.07, 6.45) is 3.92. The molecule has 0 radical (unpaired) electrons. The number of Topliss-reactive ketones (excluding diaryl/α,β-unsaturated/α-hetero) is 1. The molecule has 52 valence electrons. The minimum Gasteiger partial charge on any atom is -0.418 e. The molecule has 0 aliphatic heterocycles. The van der Waals surface area contributed by atoms with Crippen LogP contribution in [0.5, 0.6) is 0 Å². The third kappa shape index (κ3) is 1.63. The monoisotopic (exact) mass is 144 g/mol. The molecule has 1 rings (SSSR count). The molecule has 0 heterocycles. The number of hydrogen-bond donors (Lipinski definition) is 0. The molecule has 3 heteroatoms. The number of rotatable bonds is 1. The smallest absolute Gasteiger partial charge is 0.160 e. The number of hydrogen-bond acceptors (Lipinski definition) is 2. The normalized spacial score (nSPS) is 28.9. The Balaban J connectivity index is 2.39. The summed E-state index contributed by atoms with van der Waals surface area (Å²) in [6, 6.07) is 0. The maximum Gasteiger partial charge on any atom is 0.160 e. The van der Waals surface area contributed by atoms with Crippen LogP contribution in [0.25, 0.3) is 0 Å². The van der Waals surface area contributed by atoms with Crippen LogP contribution in [0.2, 0.25) is 0 Å². The van der Waals surface area contributed by atoms with Crippen molar-refractivity contribution in [1.29, 1.82) is 0 Å². The fourth-order valence-electron chi connectivity index (χ4n) is 1.20. The van der Waals surface area contributed by atoms with Gasteiger partial charge in [-0.3, -0.25) is 4.79 Å². The van der Waals surface area contributed by atoms with E-state index in [0.717, 1.165) is 19.3 Å². The fourth-order valence-corrected chi connectivity index (χ4v) is 1.70. The highest BCUT2D eigenvalue weighted by atomic mass is 28.2. The van der Waals surface area contributed by atoms with E-state index in [2.05, 4.69) is 0 Å². The van der Waals surface area contributed by atoms with Crippen LogP contribution in [-0.2, 0) is 9.22 Å². The molecule has 1 atom stereocenters. The largest absolute Gasteiger partial charge is 0.418 e. The molecular weight excluding hydrogens is 132 g/mol. The lowest BCUT2D eigenvalue weighted by Crippen LogP contribution is -2.26. The van der Waals surface area contributed by atoms with Gasteiger partial charge in [-0.2, -0.15) is 0 Å². The molecular formula is C6H12O2Si. The maximum atomic E-state index is 10.9. The molecule has 1 fully saturated rings. The van der Waals surface area contributed by atoms with Crippen molar-refractivity contribution in [3.8, 4) is 0 Å². The van der Waals surface area contributed by atoms with Crippen molar-refractivity contribution in [2.45, 2.75) is 31.8 Å². The third-order valence-electron chi connectivity index (χ3n) is 1.78. The Morgan fingerprint density at radius 3 is 2.78 bits per heavy atom. The topological polar surface area (TPSA) is 26.3 Å². The number of ketones is 1. The molecule has 0 aromatic heterocycles. The Bertz CT molecular complexity index is 114. The Morgan fingerprint density at radius 1 is 1.56 bits per heavy atom. The van der Waals surface area contributed by atoms with Crippen LogP contribution in [0.15, 0.2) is 0 Å². The molecule has 1 unspecified atom stereocenters. The standard InChI is InChI=1S/C6H12O2Si/c7-5-3-1-2-4-6(5)8-9/h6H,1-4H2,9H3. The minimum atomic E-state index is -0.0228. The van der Waals surface area contributed by atoms with Gasteiger partial charge in [-0.15, -0.1) is 0 Å². The van der Waals surface area contributed by atoms with Crippen LogP contribution in [-0.4, -0.2) is 22.4 Å². The van der Waals surface area contributed by atoms with Gasteiger partial charge in [-0.05, 0) is 12.8 Å². The second kappa shape index (κ2) is 3.13. The zero-order valence-corrected chi connectivity index (χ0v) is 7.72. The molecule has 0 saturated heterocycles. The van der Waals surface area contributed by atoms with Crippen molar-refractivity contribution in [3.05, 3.63) is 0 Å². The summed E-state index contributed by atoms with van der Waals surface area (Å²) in [5.41, 5.74) is 0. The maximum absolute atomic E-state index is 10.9. The molecule has 0 spiro atoms. The molecule has 1 saturated carbocycles. The summed E-state index contributed by atoms with van der Waals surface area (Å²) in [5, 5.41) is 0. The summed E-state index contributed by atoms with van der Waals surface area (Å²) >= 11 is 0. The summed E-state index contributed by atoms with van der Waals surface area (Å²) in [4.78, 5) is 10.9. The van der Waals surface area contributed by atoms with Crippen molar-refractivity contribution in [2.24, 2.45) is 0 Å². The van der Waals surface area contributed by atoms with Gasteiger partial charge in [-0.25, -0.2) is 0 Å². The van der Waals surface area contributed by atoms with Crippen molar-refractivity contribution in [3.63, 3.8) is 0 Å². The van der Waals surface area contributed by atoms with E-state index in [9.17, 15) is 4.79 Å². The molecule has 1 aliphatic rings. The van der Waals surface area contributed by atoms with Gasteiger partial charge < -0.3 is 4.43 Å². The fraction of sp³-hybridized carbons (Fsp3) is 0.833. The molecule has 0 bridgehead atoms. The first-order valence-electron chi connectivity index (χ1n) is 3.40. The van der Waals surface area contributed by atoms with E-state index in [1.54, 1.807) is 0 Å². The second-order valence-corrected chi connectivity index (χ2v) is 2.91. The second-order valence-electron chi connectivity index (χ2n) is 2.44. The predicted octanol–water partition coefficient (Wildman–Crippen LogP) is -0.205. The quantitative estimate of drug-likeness (QED) is 0.476. The average molecular weight is 144 g/mol.